The Morgan fingerprint density at radius 1 is 1.10 bits per heavy atom. The highest BCUT2D eigenvalue weighted by atomic mass is 35.5. The molecule has 1 unspecified atom stereocenters. The topological polar surface area (TPSA) is 12.0 Å². The Morgan fingerprint density at radius 3 is 2.40 bits per heavy atom. The van der Waals surface area contributed by atoms with E-state index < -0.39 is 0 Å². The van der Waals surface area contributed by atoms with Crippen LogP contribution in [0.1, 0.15) is 30.5 Å². The van der Waals surface area contributed by atoms with Crippen molar-refractivity contribution < 1.29 is 4.39 Å². The van der Waals surface area contributed by atoms with E-state index >= 15 is 0 Å². The molecular weight excluding hydrogens is 296 g/mol. The van der Waals surface area contributed by atoms with Gasteiger partial charge in [0.1, 0.15) is 5.82 Å². The van der Waals surface area contributed by atoms with Gasteiger partial charge in [0.15, 0.2) is 0 Å². The van der Waals surface area contributed by atoms with Crippen molar-refractivity contribution in [2.45, 2.75) is 19.4 Å². The van der Waals surface area contributed by atoms with Gasteiger partial charge in [0, 0.05) is 10.0 Å². The maximum absolute atomic E-state index is 13.1. The van der Waals surface area contributed by atoms with Gasteiger partial charge in [0.05, 0.1) is 6.04 Å². The summed E-state index contributed by atoms with van der Waals surface area (Å²) in [5.41, 5.74) is 1.92. The summed E-state index contributed by atoms with van der Waals surface area (Å²) in [4.78, 5) is 0. The van der Waals surface area contributed by atoms with E-state index in [4.69, 9.17) is 23.2 Å². The molecule has 0 saturated heterocycles. The third-order valence-electron chi connectivity index (χ3n) is 3.08. The standard InChI is InChI=1S/C16H16Cl2FN/c1-2-9-20-16(11-3-6-13(19)7-4-11)14-8-5-12(17)10-15(14)18/h3-8,10,16,20H,2,9H2,1H3. The van der Waals surface area contributed by atoms with Crippen molar-refractivity contribution in [3.8, 4) is 0 Å². The van der Waals surface area contributed by atoms with Crippen molar-refractivity contribution in [3.63, 3.8) is 0 Å². The molecule has 2 rings (SSSR count). The molecule has 0 saturated carbocycles. The van der Waals surface area contributed by atoms with Gasteiger partial charge >= 0.3 is 0 Å². The fraction of sp³-hybridized carbons (Fsp3) is 0.250. The second kappa shape index (κ2) is 7.07. The largest absolute Gasteiger partial charge is 0.306 e. The molecule has 4 heteroatoms. The number of benzene rings is 2. The number of halogens is 3. The number of rotatable bonds is 5. The summed E-state index contributed by atoms with van der Waals surface area (Å²) in [7, 11) is 0. The lowest BCUT2D eigenvalue weighted by Gasteiger charge is -2.21. The minimum absolute atomic E-state index is 0.0692. The van der Waals surface area contributed by atoms with Gasteiger partial charge in [0.25, 0.3) is 0 Å². The molecule has 0 aliphatic rings. The van der Waals surface area contributed by atoms with Crippen LogP contribution in [0.15, 0.2) is 42.5 Å². The smallest absolute Gasteiger partial charge is 0.123 e. The van der Waals surface area contributed by atoms with Crippen LogP contribution in [0.3, 0.4) is 0 Å². The van der Waals surface area contributed by atoms with Crippen LogP contribution in [-0.4, -0.2) is 6.54 Å². The average Bonchev–Trinajstić information content (AvgIpc) is 2.42. The summed E-state index contributed by atoms with van der Waals surface area (Å²) in [6.07, 6.45) is 1.00. The zero-order valence-electron chi connectivity index (χ0n) is 11.2. The first-order valence-corrected chi connectivity index (χ1v) is 7.31. The van der Waals surface area contributed by atoms with Crippen molar-refractivity contribution in [3.05, 3.63) is 69.5 Å². The van der Waals surface area contributed by atoms with Gasteiger partial charge in [-0.05, 0) is 48.4 Å². The molecule has 106 valence electrons. The Hall–Kier alpha value is -1.09. The highest BCUT2D eigenvalue weighted by Crippen LogP contribution is 2.30. The normalized spacial score (nSPS) is 12.4. The molecule has 1 atom stereocenters. The van der Waals surface area contributed by atoms with Gasteiger partial charge in [-0.1, -0.05) is 48.3 Å². The van der Waals surface area contributed by atoms with Gasteiger partial charge in [-0.3, -0.25) is 0 Å². The molecular formula is C16H16Cl2FN. The second-order valence-electron chi connectivity index (χ2n) is 4.60. The molecule has 0 aliphatic heterocycles. The number of hydrogen-bond donors (Lipinski definition) is 1. The summed E-state index contributed by atoms with van der Waals surface area (Å²) in [5.74, 6) is -0.245. The third-order valence-corrected chi connectivity index (χ3v) is 3.64. The highest BCUT2D eigenvalue weighted by Gasteiger charge is 2.16. The Balaban J connectivity index is 2.38. The van der Waals surface area contributed by atoms with Crippen molar-refractivity contribution in [1.29, 1.82) is 0 Å². The first-order valence-electron chi connectivity index (χ1n) is 6.55. The first-order chi connectivity index (χ1) is 9.61. The number of nitrogens with one attached hydrogen (secondary N) is 1. The van der Waals surface area contributed by atoms with Gasteiger partial charge in [-0.2, -0.15) is 0 Å². The van der Waals surface area contributed by atoms with Gasteiger partial charge in [-0.25, -0.2) is 4.39 Å². The minimum atomic E-state index is -0.245. The average molecular weight is 312 g/mol. The van der Waals surface area contributed by atoms with Crippen molar-refractivity contribution in [2.24, 2.45) is 0 Å². The maximum Gasteiger partial charge on any atom is 0.123 e. The van der Waals surface area contributed by atoms with Crippen molar-refractivity contribution in [1.82, 2.24) is 5.32 Å². The molecule has 1 nitrogen and oxygen atoms in total. The first kappa shape index (κ1) is 15.3. The molecule has 0 fully saturated rings. The summed E-state index contributed by atoms with van der Waals surface area (Å²) in [6.45, 7) is 2.94. The van der Waals surface area contributed by atoms with E-state index in [1.54, 1.807) is 18.2 Å². The van der Waals surface area contributed by atoms with Crippen LogP contribution >= 0.6 is 23.2 Å². The monoisotopic (exact) mass is 311 g/mol. The SMILES string of the molecule is CCCNC(c1ccc(F)cc1)c1ccc(Cl)cc1Cl. The summed E-state index contributed by atoms with van der Waals surface area (Å²) < 4.78 is 13.1. The fourth-order valence-corrected chi connectivity index (χ4v) is 2.60. The van der Waals surface area contributed by atoms with Crippen LogP contribution < -0.4 is 5.32 Å². The summed E-state index contributed by atoms with van der Waals surface area (Å²) in [5, 5.41) is 4.64. The van der Waals surface area contributed by atoms with Crippen LogP contribution in [-0.2, 0) is 0 Å². The molecule has 0 radical (unpaired) electrons. The zero-order valence-corrected chi connectivity index (χ0v) is 12.7. The Morgan fingerprint density at radius 2 is 1.80 bits per heavy atom. The number of hydrogen-bond acceptors (Lipinski definition) is 1. The molecule has 2 aromatic carbocycles. The lowest BCUT2D eigenvalue weighted by Crippen LogP contribution is -2.23. The lowest BCUT2D eigenvalue weighted by molar-refractivity contribution is 0.593. The van der Waals surface area contributed by atoms with E-state index in [-0.39, 0.29) is 11.9 Å². The molecule has 0 aliphatic carbocycles. The molecule has 0 heterocycles. The Labute approximate surface area is 128 Å². The lowest BCUT2D eigenvalue weighted by atomic mass is 9.98. The van der Waals surface area contributed by atoms with Crippen LogP contribution in [0.4, 0.5) is 4.39 Å². The van der Waals surface area contributed by atoms with Gasteiger partial charge in [-0.15, -0.1) is 0 Å². The van der Waals surface area contributed by atoms with Gasteiger partial charge < -0.3 is 5.32 Å². The zero-order chi connectivity index (χ0) is 14.5. The van der Waals surface area contributed by atoms with E-state index in [2.05, 4.69) is 12.2 Å². The molecule has 20 heavy (non-hydrogen) atoms. The van der Waals surface area contributed by atoms with Crippen LogP contribution in [0.25, 0.3) is 0 Å². The molecule has 0 spiro atoms. The van der Waals surface area contributed by atoms with Crippen LogP contribution in [0.2, 0.25) is 10.0 Å². The predicted molar refractivity (Wildman–Crippen MR) is 83.0 cm³/mol. The van der Waals surface area contributed by atoms with Crippen molar-refractivity contribution >= 4 is 23.2 Å². The molecule has 1 N–H and O–H groups in total. The molecule has 0 amide bonds. The molecule has 0 aromatic heterocycles. The van der Waals surface area contributed by atoms with Crippen LogP contribution in [0.5, 0.6) is 0 Å². The van der Waals surface area contributed by atoms with E-state index in [0.717, 1.165) is 24.1 Å². The van der Waals surface area contributed by atoms with Crippen LogP contribution in [0, 0.1) is 5.82 Å². The van der Waals surface area contributed by atoms with E-state index in [0.29, 0.717) is 10.0 Å². The Bertz CT molecular complexity index is 569. The molecule has 2 aromatic rings. The quantitative estimate of drug-likeness (QED) is 0.798. The predicted octanol–water partition coefficient (Wildman–Crippen LogP) is 5.22. The molecule has 0 bridgehead atoms. The van der Waals surface area contributed by atoms with E-state index in [1.165, 1.54) is 12.1 Å². The second-order valence-corrected chi connectivity index (χ2v) is 5.45. The summed E-state index contributed by atoms with van der Waals surface area (Å²) in [6, 6.07) is 11.8. The van der Waals surface area contributed by atoms with Gasteiger partial charge in [0.2, 0.25) is 0 Å². The van der Waals surface area contributed by atoms with Crippen molar-refractivity contribution in [2.75, 3.05) is 6.54 Å². The third kappa shape index (κ3) is 3.72. The highest BCUT2D eigenvalue weighted by molar-refractivity contribution is 6.35. The van der Waals surface area contributed by atoms with E-state index in [9.17, 15) is 4.39 Å². The summed E-state index contributed by atoms with van der Waals surface area (Å²) >= 11 is 12.2. The maximum atomic E-state index is 13.1. The van der Waals surface area contributed by atoms with E-state index in [1.807, 2.05) is 12.1 Å². The minimum Gasteiger partial charge on any atom is -0.306 e. The Kier molecular flexibility index (Phi) is 5.41. The fourth-order valence-electron chi connectivity index (χ4n) is 2.09.